The lowest BCUT2D eigenvalue weighted by atomic mass is 10.0. The average Bonchev–Trinajstić information content (AvgIpc) is 3.34. The van der Waals surface area contributed by atoms with Crippen LogP contribution in [0.25, 0.3) is 17.2 Å². The topological polar surface area (TPSA) is 88.1 Å². The molecular formula is C35H36O7. The second-order valence-electron chi connectivity index (χ2n) is 10.2. The van der Waals surface area contributed by atoms with Crippen LogP contribution in [0.5, 0.6) is 11.5 Å². The van der Waals surface area contributed by atoms with Gasteiger partial charge in [0.25, 0.3) is 0 Å². The van der Waals surface area contributed by atoms with Crippen LogP contribution in [0.15, 0.2) is 91.0 Å². The van der Waals surface area contributed by atoms with Gasteiger partial charge in [0.1, 0.15) is 17.6 Å². The average molecular weight is 569 g/mol. The Labute approximate surface area is 246 Å². The van der Waals surface area contributed by atoms with Crippen LogP contribution in [-0.4, -0.2) is 37.7 Å². The van der Waals surface area contributed by atoms with Gasteiger partial charge in [-0.05, 0) is 78.4 Å². The third-order valence-corrected chi connectivity index (χ3v) is 6.99. The van der Waals surface area contributed by atoms with Crippen LogP contribution in [0.1, 0.15) is 60.9 Å². The number of carbonyl (C=O) groups excluding carboxylic acids is 3. The van der Waals surface area contributed by atoms with Gasteiger partial charge in [-0.3, -0.25) is 0 Å². The standard InChI is InChI=1S/C35H36O7/c1-25-24-32(42-34(25)37)8-6-4-3-5-7-23-40-30-18-16-29(17-19-30)35(38)41-31-20-14-28(15-21-31)27-12-9-26(10-13-27)11-22-33(36)39-2/h9-22,32H,1,3-8,23-24H2,2H3. The van der Waals surface area contributed by atoms with Crippen molar-refractivity contribution >= 4 is 24.0 Å². The van der Waals surface area contributed by atoms with Crippen molar-refractivity contribution < 1.29 is 33.3 Å². The Morgan fingerprint density at radius 3 is 2.12 bits per heavy atom. The van der Waals surface area contributed by atoms with E-state index >= 15 is 0 Å². The van der Waals surface area contributed by atoms with Gasteiger partial charge >= 0.3 is 17.9 Å². The first kappa shape index (κ1) is 30.3. The molecule has 0 radical (unpaired) electrons. The lowest BCUT2D eigenvalue weighted by Gasteiger charge is -2.09. The first-order valence-corrected chi connectivity index (χ1v) is 14.2. The number of ether oxygens (including phenoxy) is 4. The highest BCUT2D eigenvalue weighted by Gasteiger charge is 2.26. The fourth-order valence-electron chi connectivity index (χ4n) is 4.58. The Bertz CT molecular complexity index is 1370. The summed E-state index contributed by atoms with van der Waals surface area (Å²) in [6, 6.07) is 22.0. The van der Waals surface area contributed by atoms with E-state index in [4.69, 9.17) is 14.2 Å². The maximum Gasteiger partial charge on any atom is 0.343 e. The summed E-state index contributed by atoms with van der Waals surface area (Å²) in [5, 5.41) is 0. The van der Waals surface area contributed by atoms with E-state index in [-0.39, 0.29) is 12.1 Å². The van der Waals surface area contributed by atoms with Crippen LogP contribution in [0.4, 0.5) is 0 Å². The van der Waals surface area contributed by atoms with Gasteiger partial charge in [0, 0.05) is 18.1 Å². The van der Waals surface area contributed by atoms with Crippen molar-refractivity contribution in [2.24, 2.45) is 0 Å². The number of methoxy groups -OCH3 is 1. The Kier molecular flexibility index (Phi) is 11.1. The molecular weight excluding hydrogens is 532 g/mol. The SMILES string of the molecule is C=C1CC(CCCCCCCOc2ccc(C(=O)Oc3ccc(-c4ccc(C=CC(=O)OC)cc4)cc3)cc2)OC1=O. The highest BCUT2D eigenvalue weighted by atomic mass is 16.6. The Morgan fingerprint density at radius 1 is 0.857 bits per heavy atom. The van der Waals surface area contributed by atoms with Gasteiger partial charge in [-0.1, -0.05) is 62.2 Å². The summed E-state index contributed by atoms with van der Waals surface area (Å²) >= 11 is 0. The lowest BCUT2D eigenvalue weighted by molar-refractivity contribution is -0.139. The number of hydrogen-bond acceptors (Lipinski definition) is 7. The van der Waals surface area contributed by atoms with Crippen molar-refractivity contribution in [3.05, 3.63) is 102 Å². The van der Waals surface area contributed by atoms with Crippen LogP contribution >= 0.6 is 0 Å². The summed E-state index contributed by atoms with van der Waals surface area (Å²) in [4.78, 5) is 35.2. The van der Waals surface area contributed by atoms with Gasteiger partial charge in [-0.15, -0.1) is 0 Å². The van der Waals surface area contributed by atoms with Crippen molar-refractivity contribution in [1.82, 2.24) is 0 Å². The molecule has 4 rings (SSSR count). The minimum atomic E-state index is -0.437. The molecule has 1 saturated heterocycles. The fourth-order valence-corrected chi connectivity index (χ4v) is 4.58. The zero-order chi connectivity index (χ0) is 29.7. The Balaban J connectivity index is 1.14. The Hall–Kier alpha value is -4.65. The number of esters is 3. The first-order chi connectivity index (χ1) is 20.4. The van der Waals surface area contributed by atoms with Crippen molar-refractivity contribution in [3.8, 4) is 22.6 Å². The summed E-state index contributed by atoms with van der Waals surface area (Å²) in [5.74, 6) is 0.0815. The van der Waals surface area contributed by atoms with Crippen molar-refractivity contribution in [2.45, 2.75) is 51.0 Å². The summed E-state index contributed by atoms with van der Waals surface area (Å²) < 4.78 is 21.2. The van der Waals surface area contributed by atoms with Crippen molar-refractivity contribution in [1.29, 1.82) is 0 Å². The number of cyclic esters (lactones) is 1. The highest BCUT2D eigenvalue weighted by Crippen LogP contribution is 2.25. The van der Waals surface area contributed by atoms with Gasteiger partial charge in [0.2, 0.25) is 0 Å². The normalized spacial score (nSPS) is 14.5. The van der Waals surface area contributed by atoms with Gasteiger partial charge in [-0.25, -0.2) is 14.4 Å². The Morgan fingerprint density at radius 2 is 1.48 bits per heavy atom. The molecule has 0 bridgehead atoms. The summed E-state index contributed by atoms with van der Waals surface area (Å²) in [6.07, 6.45) is 9.91. The zero-order valence-electron chi connectivity index (χ0n) is 23.9. The number of hydrogen-bond donors (Lipinski definition) is 0. The van der Waals surface area contributed by atoms with Crippen LogP contribution < -0.4 is 9.47 Å². The van der Waals surface area contributed by atoms with Crippen LogP contribution in [0.3, 0.4) is 0 Å². The number of benzene rings is 3. The van der Waals surface area contributed by atoms with Crippen LogP contribution in [0, 0.1) is 0 Å². The van der Waals surface area contributed by atoms with Gasteiger partial charge < -0.3 is 18.9 Å². The maximum atomic E-state index is 12.6. The van der Waals surface area contributed by atoms with E-state index in [9.17, 15) is 14.4 Å². The van der Waals surface area contributed by atoms with E-state index in [1.54, 1.807) is 42.5 Å². The molecule has 1 heterocycles. The molecule has 7 heteroatoms. The molecule has 1 fully saturated rings. The second-order valence-corrected chi connectivity index (χ2v) is 10.2. The number of carbonyl (C=O) groups is 3. The van der Waals surface area contributed by atoms with E-state index in [0.717, 1.165) is 55.2 Å². The smallest absolute Gasteiger partial charge is 0.343 e. The molecule has 7 nitrogen and oxygen atoms in total. The minimum absolute atomic E-state index is 0.00833. The van der Waals surface area contributed by atoms with E-state index < -0.39 is 11.9 Å². The molecule has 0 N–H and O–H groups in total. The lowest BCUT2D eigenvalue weighted by Crippen LogP contribution is -2.08. The van der Waals surface area contributed by atoms with Gasteiger partial charge in [-0.2, -0.15) is 0 Å². The third kappa shape index (κ3) is 9.20. The monoisotopic (exact) mass is 568 g/mol. The first-order valence-electron chi connectivity index (χ1n) is 14.2. The molecule has 1 aliphatic rings. The molecule has 42 heavy (non-hydrogen) atoms. The van der Waals surface area contributed by atoms with Crippen LogP contribution in [-0.2, 0) is 19.1 Å². The van der Waals surface area contributed by atoms with Crippen LogP contribution in [0.2, 0.25) is 0 Å². The predicted molar refractivity (Wildman–Crippen MR) is 161 cm³/mol. The van der Waals surface area contributed by atoms with E-state index in [0.29, 0.717) is 35.7 Å². The zero-order valence-corrected chi connectivity index (χ0v) is 23.9. The number of unbranched alkanes of at least 4 members (excludes halogenated alkanes) is 4. The van der Waals surface area contributed by atoms with Crippen molar-refractivity contribution in [3.63, 3.8) is 0 Å². The number of rotatable bonds is 14. The van der Waals surface area contributed by atoms with Crippen molar-refractivity contribution in [2.75, 3.05) is 13.7 Å². The molecule has 0 aromatic heterocycles. The molecule has 1 aliphatic heterocycles. The molecule has 0 amide bonds. The summed E-state index contributed by atoms with van der Waals surface area (Å²) in [5.41, 5.74) is 3.89. The molecule has 0 saturated carbocycles. The van der Waals surface area contributed by atoms with E-state index in [2.05, 4.69) is 11.3 Å². The largest absolute Gasteiger partial charge is 0.494 e. The minimum Gasteiger partial charge on any atom is -0.494 e. The van der Waals surface area contributed by atoms with E-state index in [1.807, 2.05) is 36.4 Å². The summed E-state index contributed by atoms with van der Waals surface area (Å²) in [7, 11) is 1.34. The molecule has 1 atom stereocenters. The van der Waals surface area contributed by atoms with Gasteiger partial charge in [0.05, 0.1) is 19.3 Å². The fraction of sp³-hybridized carbons (Fsp3) is 0.286. The summed E-state index contributed by atoms with van der Waals surface area (Å²) in [6.45, 7) is 4.33. The quantitative estimate of drug-likeness (QED) is 0.0869. The molecule has 218 valence electrons. The molecule has 0 spiro atoms. The molecule has 0 aliphatic carbocycles. The van der Waals surface area contributed by atoms with E-state index in [1.165, 1.54) is 13.2 Å². The molecule has 3 aromatic rings. The predicted octanol–water partition coefficient (Wildman–Crippen LogP) is 7.35. The second kappa shape index (κ2) is 15.4. The molecule has 1 unspecified atom stereocenters. The third-order valence-electron chi connectivity index (χ3n) is 6.99. The highest BCUT2D eigenvalue weighted by molar-refractivity contribution is 5.91. The maximum absolute atomic E-state index is 12.6. The van der Waals surface area contributed by atoms with Gasteiger partial charge in [0.15, 0.2) is 0 Å². The molecule has 3 aromatic carbocycles.